The van der Waals surface area contributed by atoms with E-state index in [1.54, 1.807) is 0 Å². The Hall–Kier alpha value is -1.10. The van der Waals surface area contributed by atoms with E-state index in [4.69, 9.17) is 14.2 Å². The fraction of sp³-hybridized carbons (Fsp3) is 0.909. The summed E-state index contributed by atoms with van der Waals surface area (Å²) in [7, 11) is 0. The number of ether oxygens (including phenoxy) is 3. The Morgan fingerprint density at radius 3 is 1.56 bits per heavy atom. The third-order valence-corrected chi connectivity index (χ3v) is 6.65. The number of rotatable bonds is 12. The van der Waals surface area contributed by atoms with Crippen molar-refractivity contribution in [2.24, 2.45) is 23.7 Å². The van der Waals surface area contributed by atoms with Crippen molar-refractivity contribution >= 4 is 11.9 Å². The number of carbonyl (C=O) groups is 2. The van der Waals surface area contributed by atoms with E-state index in [9.17, 15) is 9.59 Å². The van der Waals surface area contributed by atoms with E-state index >= 15 is 0 Å². The lowest BCUT2D eigenvalue weighted by atomic mass is 9.79. The first-order valence-electron chi connectivity index (χ1n) is 11.2. The van der Waals surface area contributed by atoms with Gasteiger partial charge in [0.1, 0.15) is 0 Å². The largest absolute Gasteiger partial charge is 0.465 e. The first-order valence-corrected chi connectivity index (χ1v) is 11.2. The molecule has 4 unspecified atom stereocenters. The number of hydrogen-bond acceptors (Lipinski definition) is 5. The highest BCUT2D eigenvalue weighted by Gasteiger charge is 2.53. The highest BCUT2D eigenvalue weighted by Crippen LogP contribution is 2.44. The van der Waals surface area contributed by atoms with Crippen molar-refractivity contribution in [3.63, 3.8) is 0 Å². The molecule has 4 atom stereocenters. The minimum atomic E-state index is -0.392. The van der Waals surface area contributed by atoms with Gasteiger partial charge in [0, 0.05) is 0 Å². The van der Waals surface area contributed by atoms with Gasteiger partial charge < -0.3 is 14.2 Å². The summed E-state index contributed by atoms with van der Waals surface area (Å²) in [5, 5.41) is 0. The van der Waals surface area contributed by atoms with Gasteiger partial charge in [0.25, 0.3) is 0 Å². The van der Waals surface area contributed by atoms with Gasteiger partial charge in [-0.2, -0.15) is 0 Å². The van der Waals surface area contributed by atoms with E-state index in [2.05, 4.69) is 0 Å². The van der Waals surface area contributed by atoms with Crippen LogP contribution in [0.5, 0.6) is 0 Å². The van der Waals surface area contributed by atoms with Crippen LogP contribution in [0.15, 0.2) is 0 Å². The Balaban J connectivity index is 1.16. The third-order valence-electron chi connectivity index (χ3n) is 6.65. The van der Waals surface area contributed by atoms with E-state index in [0.717, 1.165) is 37.5 Å². The molecule has 152 valence electrons. The topological polar surface area (TPSA) is 65.1 Å². The summed E-state index contributed by atoms with van der Waals surface area (Å²) < 4.78 is 16.6. The zero-order valence-electron chi connectivity index (χ0n) is 16.4. The normalized spacial score (nSPS) is 31.9. The molecule has 0 aromatic heterocycles. The van der Waals surface area contributed by atoms with E-state index in [-0.39, 0.29) is 24.1 Å². The van der Waals surface area contributed by atoms with Crippen molar-refractivity contribution < 1.29 is 23.8 Å². The molecule has 0 bridgehead atoms. The third kappa shape index (κ3) is 5.94. The number of epoxide rings is 1. The van der Waals surface area contributed by atoms with Crippen LogP contribution in [0.2, 0.25) is 0 Å². The number of esters is 2. The van der Waals surface area contributed by atoms with Crippen LogP contribution in [0.4, 0.5) is 0 Å². The van der Waals surface area contributed by atoms with E-state index < -0.39 is 11.8 Å². The summed E-state index contributed by atoms with van der Waals surface area (Å²) in [5.74, 6) is 0.599. The van der Waals surface area contributed by atoms with Crippen molar-refractivity contribution in [1.82, 2.24) is 0 Å². The summed E-state index contributed by atoms with van der Waals surface area (Å²) in [6, 6.07) is 0. The number of hydrogen-bond donors (Lipinski definition) is 0. The van der Waals surface area contributed by atoms with Crippen molar-refractivity contribution in [3.8, 4) is 0 Å². The number of carbonyl (C=O) groups excluding carboxylic acids is 2. The molecular formula is C22H34O5. The molecular weight excluding hydrogens is 344 g/mol. The highest BCUT2D eigenvalue weighted by atomic mass is 16.6. The minimum absolute atomic E-state index is 0.139. The maximum atomic E-state index is 12.6. The van der Waals surface area contributed by atoms with Gasteiger partial charge in [-0.25, -0.2) is 0 Å². The molecule has 1 saturated heterocycles. The van der Waals surface area contributed by atoms with Crippen molar-refractivity contribution in [3.05, 3.63) is 0 Å². The molecule has 1 aliphatic heterocycles. The molecule has 1 heterocycles. The van der Waals surface area contributed by atoms with E-state index in [0.29, 0.717) is 26.1 Å². The molecule has 3 aliphatic carbocycles. The quantitative estimate of drug-likeness (QED) is 0.291. The smallest absolute Gasteiger partial charge is 0.309 e. The van der Waals surface area contributed by atoms with Crippen molar-refractivity contribution in [2.75, 3.05) is 13.2 Å². The fourth-order valence-corrected chi connectivity index (χ4v) is 4.39. The van der Waals surface area contributed by atoms with Crippen LogP contribution in [-0.2, 0) is 23.8 Å². The summed E-state index contributed by atoms with van der Waals surface area (Å²) in [6.07, 6.45) is 13.6. The van der Waals surface area contributed by atoms with Crippen LogP contribution >= 0.6 is 0 Å². The Morgan fingerprint density at radius 1 is 0.704 bits per heavy atom. The van der Waals surface area contributed by atoms with Crippen LogP contribution in [0.1, 0.15) is 77.0 Å². The lowest BCUT2D eigenvalue weighted by Gasteiger charge is -2.26. The zero-order chi connectivity index (χ0) is 18.6. The predicted molar refractivity (Wildman–Crippen MR) is 99.9 cm³/mol. The van der Waals surface area contributed by atoms with Gasteiger partial charge in [0.2, 0.25) is 0 Å². The zero-order valence-corrected chi connectivity index (χ0v) is 16.4. The molecule has 0 amide bonds. The van der Waals surface area contributed by atoms with Crippen LogP contribution in [-0.4, -0.2) is 37.4 Å². The maximum Gasteiger partial charge on any atom is 0.309 e. The van der Waals surface area contributed by atoms with Gasteiger partial charge in [-0.15, -0.1) is 0 Å². The Morgan fingerprint density at radius 2 is 1.15 bits per heavy atom. The maximum absolute atomic E-state index is 12.6. The molecule has 0 aromatic rings. The second-order valence-corrected chi connectivity index (χ2v) is 9.11. The Kier molecular flexibility index (Phi) is 6.36. The molecule has 5 nitrogen and oxygen atoms in total. The van der Waals surface area contributed by atoms with Gasteiger partial charge in [0.05, 0.1) is 37.3 Å². The van der Waals surface area contributed by atoms with Crippen LogP contribution in [0.25, 0.3) is 0 Å². The van der Waals surface area contributed by atoms with Gasteiger partial charge in [-0.05, 0) is 50.4 Å². The molecule has 3 saturated carbocycles. The molecule has 4 aliphatic rings. The minimum Gasteiger partial charge on any atom is -0.465 e. The average Bonchev–Trinajstić information content (AvgIpc) is 3.53. The predicted octanol–water partition coefficient (Wildman–Crippen LogP) is 4.03. The second-order valence-electron chi connectivity index (χ2n) is 9.11. The molecule has 0 aromatic carbocycles. The van der Waals surface area contributed by atoms with Gasteiger partial charge in [-0.1, -0.05) is 38.5 Å². The summed E-state index contributed by atoms with van der Waals surface area (Å²) in [6.45, 7) is 0.944. The van der Waals surface area contributed by atoms with Crippen LogP contribution in [0.3, 0.4) is 0 Å². The lowest BCUT2D eigenvalue weighted by Crippen LogP contribution is -2.37. The van der Waals surface area contributed by atoms with Crippen molar-refractivity contribution in [2.45, 2.75) is 89.3 Å². The first kappa shape index (κ1) is 19.2. The van der Waals surface area contributed by atoms with Gasteiger partial charge in [-0.3, -0.25) is 9.59 Å². The van der Waals surface area contributed by atoms with Gasteiger partial charge >= 0.3 is 11.9 Å². The molecule has 5 heteroatoms. The van der Waals surface area contributed by atoms with Crippen LogP contribution in [0, 0.1) is 23.7 Å². The summed E-state index contributed by atoms with van der Waals surface area (Å²) >= 11 is 0. The van der Waals surface area contributed by atoms with Crippen LogP contribution < -0.4 is 0 Å². The first-order chi connectivity index (χ1) is 13.2. The van der Waals surface area contributed by atoms with E-state index in [1.165, 1.54) is 38.5 Å². The van der Waals surface area contributed by atoms with E-state index in [1.807, 2.05) is 0 Å². The lowest BCUT2D eigenvalue weighted by molar-refractivity contribution is -0.162. The van der Waals surface area contributed by atoms with Gasteiger partial charge in [0.15, 0.2) is 0 Å². The summed E-state index contributed by atoms with van der Waals surface area (Å²) in [4.78, 5) is 25.1. The average molecular weight is 379 g/mol. The van der Waals surface area contributed by atoms with Crippen molar-refractivity contribution in [1.29, 1.82) is 0 Å². The molecule has 0 N–H and O–H groups in total. The Labute approximate surface area is 162 Å². The standard InChI is InChI=1S/C22H34O5/c23-21(25-11-3-1-5-15-7-8-15)17-13-19-20(27-19)14-18(17)22(24)26-12-4-2-6-16-9-10-16/h15-20H,1-14H2. The second kappa shape index (κ2) is 8.93. The number of unbranched alkanes of at least 4 members (excludes halogenated alkanes) is 2. The number of fused-ring (bicyclic) bond motifs is 1. The fourth-order valence-electron chi connectivity index (χ4n) is 4.39. The Bertz CT molecular complexity index is 479. The SMILES string of the molecule is O=C(OCCCCC1CC1)C1CC2OC2CC1C(=O)OCCCCC1CC1. The molecule has 0 spiro atoms. The molecule has 4 rings (SSSR count). The highest BCUT2D eigenvalue weighted by molar-refractivity contribution is 5.82. The molecule has 0 radical (unpaired) electrons. The monoisotopic (exact) mass is 378 g/mol. The molecule has 4 fully saturated rings. The summed E-state index contributed by atoms with van der Waals surface area (Å²) in [5.41, 5.74) is 0. The molecule has 27 heavy (non-hydrogen) atoms.